The average molecular weight is 357 g/mol. The van der Waals surface area contributed by atoms with Gasteiger partial charge in [0.05, 0.1) is 11.6 Å². The Morgan fingerprint density at radius 1 is 1.44 bits per heavy atom. The Hall–Kier alpha value is -3.06. The zero-order chi connectivity index (χ0) is 18.3. The van der Waals surface area contributed by atoms with Crippen molar-refractivity contribution in [2.24, 2.45) is 7.05 Å². The van der Waals surface area contributed by atoms with Crippen LogP contribution in [0.5, 0.6) is 0 Å². The first kappa shape index (κ1) is 16.8. The number of aryl methyl sites for hydroxylation is 3. The van der Waals surface area contributed by atoms with E-state index in [4.69, 9.17) is 5.26 Å². The Morgan fingerprint density at radius 3 is 2.84 bits per heavy atom. The molecule has 3 aromatic rings. The standard InChI is InChI=1S/C15H15N7O2S/c1-7-9(3)25-14-11(7)15(24)22(20-19-14)8(2)13(23)18-12-10(5-16)6-17-21(12)4/h6,8H,1-4H3,(H,18,23). The van der Waals surface area contributed by atoms with Gasteiger partial charge < -0.3 is 5.32 Å². The van der Waals surface area contributed by atoms with Crippen LogP contribution >= 0.6 is 11.3 Å². The molecule has 0 aromatic carbocycles. The summed E-state index contributed by atoms with van der Waals surface area (Å²) in [6, 6.07) is 1.06. The summed E-state index contributed by atoms with van der Waals surface area (Å²) in [4.78, 5) is 26.8. The van der Waals surface area contributed by atoms with Crippen molar-refractivity contribution in [3.63, 3.8) is 0 Å². The highest BCUT2D eigenvalue weighted by atomic mass is 32.1. The van der Waals surface area contributed by atoms with Crippen LogP contribution in [0.3, 0.4) is 0 Å². The van der Waals surface area contributed by atoms with E-state index in [1.807, 2.05) is 19.9 Å². The molecule has 3 rings (SSSR count). The summed E-state index contributed by atoms with van der Waals surface area (Å²) < 4.78 is 2.44. The van der Waals surface area contributed by atoms with Crippen molar-refractivity contribution in [2.75, 3.05) is 5.32 Å². The van der Waals surface area contributed by atoms with Crippen molar-refractivity contribution in [2.45, 2.75) is 26.8 Å². The van der Waals surface area contributed by atoms with Gasteiger partial charge in [-0.05, 0) is 26.3 Å². The van der Waals surface area contributed by atoms with E-state index in [0.29, 0.717) is 10.2 Å². The highest BCUT2D eigenvalue weighted by molar-refractivity contribution is 7.18. The molecule has 1 N–H and O–H groups in total. The third-order valence-corrected chi connectivity index (χ3v) is 5.16. The van der Waals surface area contributed by atoms with Crippen molar-refractivity contribution in [3.8, 4) is 6.07 Å². The minimum atomic E-state index is -0.898. The number of carbonyl (C=O) groups is 1. The lowest BCUT2D eigenvalue weighted by atomic mass is 10.2. The number of fused-ring (bicyclic) bond motifs is 1. The monoisotopic (exact) mass is 357 g/mol. The molecule has 3 heterocycles. The Kier molecular flexibility index (Phi) is 4.10. The molecule has 9 nitrogen and oxygen atoms in total. The lowest BCUT2D eigenvalue weighted by Gasteiger charge is -2.13. The number of carbonyl (C=O) groups excluding carboxylic acids is 1. The van der Waals surface area contributed by atoms with Crippen LogP contribution in [-0.4, -0.2) is 30.7 Å². The summed E-state index contributed by atoms with van der Waals surface area (Å²) in [6.07, 6.45) is 1.36. The number of amides is 1. The first-order valence-corrected chi connectivity index (χ1v) is 8.25. The second-order valence-electron chi connectivity index (χ2n) is 5.61. The molecule has 1 unspecified atom stereocenters. The zero-order valence-corrected chi connectivity index (χ0v) is 14.9. The van der Waals surface area contributed by atoms with E-state index in [0.717, 1.165) is 15.1 Å². The largest absolute Gasteiger partial charge is 0.308 e. The summed E-state index contributed by atoms with van der Waals surface area (Å²) in [7, 11) is 1.61. The van der Waals surface area contributed by atoms with E-state index in [2.05, 4.69) is 20.7 Å². The molecule has 1 atom stereocenters. The third kappa shape index (κ3) is 2.68. The van der Waals surface area contributed by atoms with Gasteiger partial charge in [-0.25, -0.2) is 0 Å². The summed E-state index contributed by atoms with van der Waals surface area (Å²) in [5.41, 5.74) is 0.723. The number of nitrogens with zero attached hydrogens (tertiary/aromatic N) is 6. The van der Waals surface area contributed by atoms with E-state index in [-0.39, 0.29) is 16.9 Å². The molecule has 0 radical (unpaired) electrons. The first-order chi connectivity index (χ1) is 11.8. The van der Waals surface area contributed by atoms with Gasteiger partial charge in [0, 0.05) is 11.9 Å². The van der Waals surface area contributed by atoms with Gasteiger partial charge in [-0.15, -0.1) is 16.4 Å². The van der Waals surface area contributed by atoms with Gasteiger partial charge in [0.2, 0.25) is 5.91 Å². The van der Waals surface area contributed by atoms with Crippen LogP contribution in [0.15, 0.2) is 11.0 Å². The van der Waals surface area contributed by atoms with Gasteiger partial charge in [-0.2, -0.15) is 15.0 Å². The quantitative estimate of drug-likeness (QED) is 0.754. The van der Waals surface area contributed by atoms with Crippen LogP contribution in [-0.2, 0) is 11.8 Å². The van der Waals surface area contributed by atoms with Crippen LogP contribution in [0, 0.1) is 25.2 Å². The van der Waals surface area contributed by atoms with Crippen LogP contribution in [0.1, 0.15) is 29.0 Å². The van der Waals surface area contributed by atoms with E-state index < -0.39 is 11.9 Å². The highest BCUT2D eigenvalue weighted by Crippen LogP contribution is 2.25. The minimum absolute atomic E-state index is 0.237. The molecule has 0 bridgehead atoms. The molecule has 25 heavy (non-hydrogen) atoms. The fourth-order valence-corrected chi connectivity index (χ4v) is 3.39. The Labute approximate surface area is 146 Å². The molecule has 10 heteroatoms. The van der Waals surface area contributed by atoms with Gasteiger partial charge in [0.15, 0.2) is 4.83 Å². The molecule has 128 valence electrons. The van der Waals surface area contributed by atoms with Crippen LogP contribution < -0.4 is 10.9 Å². The Bertz CT molecular complexity index is 1090. The lowest BCUT2D eigenvalue weighted by Crippen LogP contribution is -2.34. The van der Waals surface area contributed by atoms with Gasteiger partial charge >= 0.3 is 0 Å². The maximum atomic E-state index is 12.7. The van der Waals surface area contributed by atoms with E-state index in [1.54, 1.807) is 14.0 Å². The second kappa shape index (κ2) is 6.10. The molecule has 0 aliphatic carbocycles. The van der Waals surface area contributed by atoms with E-state index >= 15 is 0 Å². The van der Waals surface area contributed by atoms with E-state index in [9.17, 15) is 9.59 Å². The van der Waals surface area contributed by atoms with Crippen molar-refractivity contribution in [1.82, 2.24) is 24.8 Å². The molecule has 0 aliphatic heterocycles. The fraction of sp³-hybridized carbons (Fsp3) is 0.333. The minimum Gasteiger partial charge on any atom is -0.308 e. The maximum Gasteiger partial charge on any atom is 0.279 e. The molecule has 0 saturated heterocycles. The molecule has 3 aromatic heterocycles. The summed E-state index contributed by atoms with van der Waals surface area (Å²) in [5.74, 6) is -0.218. The van der Waals surface area contributed by atoms with Crippen molar-refractivity contribution in [3.05, 3.63) is 32.6 Å². The Balaban J connectivity index is 1.98. The average Bonchev–Trinajstić information content (AvgIpc) is 3.08. The number of hydrogen-bond donors (Lipinski definition) is 1. The van der Waals surface area contributed by atoms with Gasteiger partial charge in [0.1, 0.15) is 23.5 Å². The van der Waals surface area contributed by atoms with Crippen LogP contribution in [0.2, 0.25) is 0 Å². The molecule has 0 saturated carbocycles. The van der Waals surface area contributed by atoms with E-state index in [1.165, 1.54) is 22.2 Å². The lowest BCUT2D eigenvalue weighted by molar-refractivity contribution is -0.119. The predicted molar refractivity (Wildman–Crippen MR) is 92.4 cm³/mol. The van der Waals surface area contributed by atoms with Crippen molar-refractivity contribution in [1.29, 1.82) is 5.26 Å². The SMILES string of the molecule is Cc1sc2nnn(C(C)C(=O)Nc3c(C#N)cnn3C)c(=O)c2c1C. The van der Waals surface area contributed by atoms with Gasteiger partial charge in [0.25, 0.3) is 5.56 Å². The normalized spacial score (nSPS) is 12.1. The summed E-state index contributed by atoms with van der Waals surface area (Å²) >= 11 is 1.40. The first-order valence-electron chi connectivity index (χ1n) is 7.43. The molecule has 0 spiro atoms. The number of nitriles is 1. The van der Waals surface area contributed by atoms with Gasteiger partial charge in [-0.3, -0.25) is 14.3 Å². The molecule has 0 aliphatic rings. The van der Waals surface area contributed by atoms with Crippen LogP contribution in [0.25, 0.3) is 10.2 Å². The molecular formula is C15H15N7O2S. The van der Waals surface area contributed by atoms with Crippen molar-refractivity contribution < 1.29 is 4.79 Å². The number of hydrogen-bond acceptors (Lipinski definition) is 7. The highest BCUT2D eigenvalue weighted by Gasteiger charge is 2.23. The number of nitrogens with one attached hydrogen (secondary N) is 1. The fourth-order valence-electron chi connectivity index (χ4n) is 2.43. The smallest absolute Gasteiger partial charge is 0.279 e. The number of aromatic nitrogens is 5. The number of rotatable bonds is 3. The maximum absolute atomic E-state index is 12.7. The second-order valence-corrected chi connectivity index (χ2v) is 6.81. The molecule has 1 amide bonds. The van der Waals surface area contributed by atoms with Gasteiger partial charge in [-0.1, -0.05) is 5.21 Å². The predicted octanol–water partition coefficient (Wildman–Crippen LogP) is 1.27. The number of thiophene rings is 1. The third-order valence-electron chi connectivity index (χ3n) is 4.07. The zero-order valence-electron chi connectivity index (χ0n) is 14.1. The van der Waals surface area contributed by atoms with Crippen molar-refractivity contribution >= 4 is 33.3 Å². The Morgan fingerprint density at radius 2 is 2.16 bits per heavy atom. The molecule has 0 fully saturated rings. The molecular weight excluding hydrogens is 342 g/mol. The number of anilines is 1. The summed E-state index contributed by atoms with van der Waals surface area (Å²) in [6.45, 7) is 5.31. The summed E-state index contributed by atoms with van der Waals surface area (Å²) in [5, 5.41) is 24.0. The van der Waals surface area contributed by atoms with Crippen LogP contribution in [0.4, 0.5) is 5.82 Å². The topological polar surface area (TPSA) is 118 Å².